The molecule has 3 saturated carbocycles. The van der Waals surface area contributed by atoms with Gasteiger partial charge in [0.05, 0.1) is 39.0 Å². The van der Waals surface area contributed by atoms with Crippen molar-refractivity contribution >= 4 is 89.0 Å². The van der Waals surface area contributed by atoms with Crippen LogP contribution in [0.25, 0.3) is 0 Å². The molecule has 0 saturated heterocycles. The van der Waals surface area contributed by atoms with E-state index in [1.165, 1.54) is 20.0 Å². The SMILES string of the molecule is C.Cl.NC(=O)c1cnc(Cl)nc1Cl.O=CO[O-].[2H]C([2H])([2H])C1C([2H])([2H])CC(N)C([2H])([2H])C1([2H])O.[2H]C([2H])([2H])C1C([2H])([2H])CC(Nc2nc(Cl)ncc2C(N)=O)C([2H])([2H])C1([2H])O.[2H]C([2H])([2H])C1C([2H])([2H])CC(Nc2nc(NC(C)(C)C([2H])([2H])[2H])ncc2C(N)=O)C([2H])([2H])C1([2H])O.[H-].[K+].[K+]. The molecule has 3 aromatic heterocycles. The Balaban J connectivity index is -0.000000615. The van der Waals surface area contributed by atoms with Crippen molar-refractivity contribution in [1.82, 2.24) is 29.9 Å². The number of halogens is 4. The minimum atomic E-state index is -3.40. The van der Waals surface area contributed by atoms with E-state index in [4.69, 9.17) is 105 Å². The number of nitrogens with one attached hydrogen (secondary N) is 3. The molecule has 9 unspecified atom stereocenters. The minimum Gasteiger partial charge on any atom is -1.00 e. The molecule has 0 spiro atoms. The van der Waals surface area contributed by atoms with Crippen LogP contribution in [0.2, 0.25) is 15.7 Å². The van der Waals surface area contributed by atoms with Crippen LogP contribution in [0.3, 0.4) is 0 Å². The van der Waals surface area contributed by atoms with E-state index >= 15 is 0 Å². The fourth-order valence-corrected chi connectivity index (χ4v) is 5.16. The molecule has 22 nitrogen and oxygen atoms in total. The van der Waals surface area contributed by atoms with E-state index in [0.29, 0.717) is 0 Å². The summed E-state index contributed by atoms with van der Waals surface area (Å²) in [6.07, 6.45) is -25.3. The Morgan fingerprint density at radius 2 is 1.19 bits per heavy atom. The standard InChI is InChI=1S/C16H27N5O2.C12H17ClN4O2.C7H15NO.C5H3Cl2N3O.CH2O3.CH4.ClH.2K.H/c1-9-5-6-10(7-12(9)22)19-14-11(13(17)23)8-18-15(20-14)21-16(2,3)4;1-6-2-3-7(4-9(6)18)16-11-8(10(14)19)5-15-12(13)17-11;1-5-2-3-6(8)4-7(5)9;6-3-2(4(8)11)1-9-5(7)10-3;2-1-4-3;;;;;/h8-10,12,22H,5-7H2,1-4H3,(H2,17,23)(H2,18,19,20,21);5-7,9,18H,2-4H2,1H3,(H2,14,19)(H,15,16,17);5-7,9H,2-4,8H2,1H3;1H,(H2,8,11);1,3H;1H4;1H;;;/q;;;;;;;2*+1;-1/p-1/i1D3,2D3,5D2,7D2,12D;1D3,2D2,4D2,9D;1D3,2D2,4D2,7D;;;;;;;. The topological polar surface area (TPSA) is 379 Å². The fourth-order valence-electron chi connectivity index (χ4n) is 4.63. The smallest absolute Gasteiger partial charge is 1.00 e. The molecule has 9 atom stereocenters. The van der Waals surface area contributed by atoms with Gasteiger partial charge in [0.2, 0.25) is 16.5 Å². The van der Waals surface area contributed by atoms with Crippen molar-refractivity contribution in [3.05, 3.63) is 51.0 Å². The van der Waals surface area contributed by atoms with Crippen molar-refractivity contribution in [2.24, 2.45) is 40.7 Å². The zero-order chi connectivity index (χ0) is 73.4. The first-order valence-corrected chi connectivity index (χ1v) is 19.3. The van der Waals surface area contributed by atoms with Gasteiger partial charge in [0.25, 0.3) is 24.2 Å². The first-order chi connectivity index (χ1) is 41.2. The van der Waals surface area contributed by atoms with E-state index in [1.807, 2.05) is 0 Å². The second-order valence-corrected chi connectivity index (χ2v) is 14.4. The molecule has 3 aliphatic rings. The van der Waals surface area contributed by atoms with Gasteiger partial charge in [-0.2, -0.15) is 9.97 Å². The number of carbonyl (C=O) groups is 4. The van der Waals surface area contributed by atoms with E-state index < -0.39 is 168 Å². The largest absolute Gasteiger partial charge is 1.00 e. The molecule has 28 heteroatoms. The maximum absolute atomic E-state index is 11.9. The molecule has 3 heterocycles. The number of hydrogen-bond donors (Lipinski definition) is 10. The van der Waals surface area contributed by atoms with Crippen LogP contribution in [0.4, 0.5) is 17.6 Å². The predicted octanol–water partition coefficient (Wildman–Crippen LogP) is -2.07. The molecule has 70 heavy (non-hydrogen) atoms. The molecule has 3 aliphatic carbocycles. The van der Waals surface area contributed by atoms with Crippen LogP contribution >= 0.6 is 47.2 Å². The van der Waals surface area contributed by atoms with Crippen LogP contribution < -0.4 is 147 Å². The van der Waals surface area contributed by atoms with Gasteiger partial charge in [0.15, 0.2) is 0 Å². The second-order valence-electron chi connectivity index (χ2n) is 13.3. The fraction of sp³-hybridized carbons (Fsp3) is 0.619. The summed E-state index contributed by atoms with van der Waals surface area (Å²) in [7, 11) is 0. The normalized spacial score (nSPS) is 37.0. The summed E-state index contributed by atoms with van der Waals surface area (Å²) in [5.41, 5.74) is 18.7. The van der Waals surface area contributed by atoms with Gasteiger partial charge in [-0.15, -0.1) is 12.4 Å². The van der Waals surface area contributed by atoms with Crippen molar-refractivity contribution < 1.29 is 186 Å². The van der Waals surface area contributed by atoms with E-state index in [1.54, 1.807) is 0 Å². The summed E-state index contributed by atoms with van der Waals surface area (Å²) >= 11 is 16.5. The average molecular weight is 1150 g/mol. The first-order valence-electron chi connectivity index (χ1n) is 31.7. The minimum absolute atomic E-state index is 0. The Labute approximate surface area is 555 Å². The van der Waals surface area contributed by atoms with Crippen LogP contribution in [0.1, 0.15) is 176 Å². The van der Waals surface area contributed by atoms with Crippen molar-refractivity contribution in [2.75, 3.05) is 16.0 Å². The summed E-state index contributed by atoms with van der Waals surface area (Å²) in [6, 6.07) is -4.80. The van der Waals surface area contributed by atoms with Gasteiger partial charge >= 0.3 is 103 Å². The van der Waals surface area contributed by atoms with E-state index in [-0.39, 0.29) is 175 Å². The molecule has 3 amide bonds. The number of amides is 3. The van der Waals surface area contributed by atoms with Crippen molar-refractivity contribution in [3.8, 4) is 0 Å². The third-order valence-electron chi connectivity index (χ3n) is 7.53. The Morgan fingerprint density at radius 3 is 1.60 bits per heavy atom. The average Bonchev–Trinajstić information content (AvgIpc) is 0.728. The van der Waals surface area contributed by atoms with Crippen molar-refractivity contribution in [1.29, 1.82) is 0 Å². The van der Waals surface area contributed by atoms with Gasteiger partial charge in [-0.3, -0.25) is 19.2 Å². The van der Waals surface area contributed by atoms with Crippen LogP contribution in [-0.2, 0) is 9.68 Å². The molecular weight excluding hydrogens is 1050 g/mol. The van der Waals surface area contributed by atoms with Gasteiger partial charge in [-0.05, 0) is 119 Å². The maximum Gasteiger partial charge on any atom is 1.00 e. The molecule has 0 bridgehead atoms. The Hall–Kier alpha value is -1.25. The summed E-state index contributed by atoms with van der Waals surface area (Å²) in [5, 5.41) is 46.4. The molecular formula is C42H69Cl4K2N13O9. The van der Waals surface area contributed by atoms with Gasteiger partial charge in [0, 0.05) is 75.2 Å². The van der Waals surface area contributed by atoms with Gasteiger partial charge < -0.3 is 65.8 Å². The van der Waals surface area contributed by atoms with E-state index in [9.17, 15) is 29.7 Å². The number of primary amides is 3. The van der Waals surface area contributed by atoms with Crippen molar-refractivity contribution in [2.45, 2.75) is 148 Å². The summed E-state index contributed by atoms with van der Waals surface area (Å²) in [4.78, 5) is 67.4. The molecule has 6 rings (SSSR count). The van der Waals surface area contributed by atoms with Crippen molar-refractivity contribution in [3.63, 3.8) is 0 Å². The third kappa shape index (κ3) is 27.3. The van der Waals surface area contributed by atoms with Gasteiger partial charge in [0.1, 0.15) is 16.8 Å². The maximum atomic E-state index is 11.9. The predicted molar refractivity (Wildman–Crippen MR) is 262 cm³/mol. The second kappa shape index (κ2) is 36.7. The number of aliphatic hydroxyl groups is 3. The molecule has 386 valence electrons. The summed E-state index contributed by atoms with van der Waals surface area (Å²) in [6.45, 7) is -9.27. The van der Waals surface area contributed by atoms with Crippen LogP contribution in [-0.4, -0.2) is 111 Å². The number of aromatic nitrogens is 6. The Bertz CT molecular complexity index is 3190. The third-order valence-corrected chi connectivity index (χ3v) is 8.19. The monoisotopic (exact) mass is 1140 g/mol. The Morgan fingerprint density at radius 1 is 0.786 bits per heavy atom. The first kappa shape index (κ1) is 36.7. The van der Waals surface area contributed by atoms with E-state index in [0.717, 1.165) is 12.4 Å². The van der Waals surface area contributed by atoms with Gasteiger partial charge in [-0.1, -0.05) is 39.6 Å². The molecule has 0 radical (unpaired) electrons. The molecule has 3 fully saturated rings. The quantitative estimate of drug-likeness (QED) is 0.0275. The van der Waals surface area contributed by atoms with Crippen LogP contribution in [0, 0.1) is 17.8 Å². The number of rotatable bonds is 9. The van der Waals surface area contributed by atoms with Crippen LogP contribution in [0.15, 0.2) is 18.6 Å². The van der Waals surface area contributed by atoms with E-state index in [2.05, 4.69) is 50.7 Å². The molecule has 14 N–H and O–H groups in total. The number of nitrogens with zero attached hydrogens (tertiary/aromatic N) is 6. The number of anilines is 3. The molecule has 3 aromatic rings. The summed E-state index contributed by atoms with van der Waals surface area (Å²) < 4.78 is 208. The zero-order valence-electron chi connectivity index (χ0n) is 64.7. The Kier molecular flexibility index (Phi) is 19.2. The van der Waals surface area contributed by atoms with Gasteiger partial charge in [-0.25, -0.2) is 19.9 Å². The molecule has 0 aromatic carbocycles. The number of carbonyl (C=O) groups excluding carboxylic acids is 4. The molecule has 0 aliphatic heterocycles. The summed E-state index contributed by atoms with van der Waals surface area (Å²) in [5.74, 6) is -10.6. The number of nitrogens with two attached hydrogens (primary N) is 4. The zero-order valence-corrected chi connectivity index (χ0v) is 46.1. The number of hydrogen-bond acceptors (Lipinski definition) is 19. The van der Waals surface area contributed by atoms with Crippen LogP contribution in [0.5, 0.6) is 0 Å².